The monoisotopic (exact) mass is 378 g/mol. The Morgan fingerprint density at radius 2 is 1.19 bits per heavy atom. The minimum absolute atomic E-state index is 0.117. The van der Waals surface area contributed by atoms with E-state index in [1.54, 1.807) is 0 Å². The number of hydrogen-bond acceptors (Lipinski definition) is 0. The molecule has 0 aliphatic rings. The van der Waals surface area contributed by atoms with Crippen LogP contribution in [-0.4, -0.2) is 4.87 Å². The van der Waals surface area contributed by atoms with E-state index >= 15 is 0 Å². The van der Waals surface area contributed by atoms with E-state index in [1.165, 1.54) is 89.0 Å². The summed E-state index contributed by atoms with van der Waals surface area (Å²) in [5.74, 6) is 0.565. The summed E-state index contributed by atoms with van der Waals surface area (Å²) in [6.07, 6.45) is 19.3. The Morgan fingerprint density at radius 3 is 1.65 bits per heavy atom. The summed E-state index contributed by atoms with van der Waals surface area (Å²) in [6, 6.07) is 10.8. The standard InChI is InChI=1S/C25H43Cl/c1-4-5-6-7-8-9-10-11-12-13-14-18-21-24(25(2,3)26)22-23-19-16-15-17-20-23/h15-17,19-20,24H,4-14,18,21-22H2,1-3H3. The van der Waals surface area contributed by atoms with Gasteiger partial charge in [0.05, 0.1) is 0 Å². The molecule has 0 saturated heterocycles. The first-order chi connectivity index (χ1) is 12.5. The highest BCUT2D eigenvalue weighted by Gasteiger charge is 2.26. The van der Waals surface area contributed by atoms with Gasteiger partial charge in [-0.05, 0) is 38.2 Å². The van der Waals surface area contributed by atoms with Crippen LogP contribution < -0.4 is 0 Å². The first-order valence-electron chi connectivity index (χ1n) is 11.3. The molecule has 1 heteroatoms. The molecule has 0 amide bonds. The van der Waals surface area contributed by atoms with Gasteiger partial charge in [0.1, 0.15) is 0 Å². The van der Waals surface area contributed by atoms with Gasteiger partial charge in [0.2, 0.25) is 0 Å². The molecule has 1 aromatic rings. The lowest BCUT2D eigenvalue weighted by Gasteiger charge is -2.29. The molecule has 0 saturated carbocycles. The molecule has 0 nitrogen and oxygen atoms in total. The van der Waals surface area contributed by atoms with Crippen LogP contribution in [-0.2, 0) is 6.42 Å². The minimum Gasteiger partial charge on any atom is -0.120 e. The highest BCUT2D eigenvalue weighted by atomic mass is 35.5. The summed E-state index contributed by atoms with van der Waals surface area (Å²) >= 11 is 6.69. The predicted octanol–water partition coefficient (Wildman–Crippen LogP) is 8.95. The van der Waals surface area contributed by atoms with Gasteiger partial charge in [-0.1, -0.05) is 114 Å². The van der Waals surface area contributed by atoms with E-state index in [-0.39, 0.29) is 4.87 Å². The molecular weight excluding hydrogens is 336 g/mol. The fraction of sp³-hybridized carbons (Fsp3) is 0.760. The molecule has 1 rings (SSSR count). The van der Waals surface area contributed by atoms with Crippen LogP contribution in [0.5, 0.6) is 0 Å². The van der Waals surface area contributed by atoms with Gasteiger partial charge in [-0.3, -0.25) is 0 Å². The van der Waals surface area contributed by atoms with Gasteiger partial charge >= 0.3 is 0 Å². The van der Waals surface area contributed by atoms with Gasteiger partial charge in [0, 0.05) is 4.87 Å². The Labute approximate surface area is 169 Å². The topological polar surface area (TPSA) is 0 Å². The highest BCUT2D eigenvalue weighted by Crippen LogP contribution is 2.32. The van der Waals surface area contributed by atoms with Crippen LogP contribution in [0, 0.1) is 5.92 Å². The van der Waals surface area contributed by atoms with Gasteiger partial charge in [-0.25, -0.2) is 0 Å². The van der Waals surface area contributed by atoms with Crippen LogP contribution in [0.15, 0.2) is 30.3 Å². The van der Waals surface area contributed by atoms with Crippen LogP contribution in [0.25, 0.3) is 0 Å². The summed E-state index contributed by atoms with van der Waals surface area (Å²) in [5.41, 5.74) is 1.42. The van der Waals surface area contributed by atoms with Gasteiger partial charge in [0.25, 0.3) is 0 Å². The number of unbranched alkanes of at least 4 members (excludes halogenated alkanes) is 11. The zero-order valence-electron chi connectivity index (χ0n) is 17.7. The lowest BCUT2D eigenvalue weighted by atomic mass is 9.84. The molecule has 1 unspecified atom stereocenters. The summed E-state index contributed by atoms with van der Waals surface area (Å²) in [6.45, 7) is 6.66. The first kappa shape index (κ1) is 23.5. The van der Waals surface area contributed by atoms with Gasteiger partial charge in [-0.15, -0.1) is 11.6 Å². The summed E-state index contributed by atoms with van der Waals surface area (Å²) in [7, 11) is 0. The largest absolute Gasteiger partial charge is 0.120 e. The zero-order chi connectivity index (χ0) is 19.1. The maximum absolute atomic E-state index is 6.69. The van der Waals surface area contributed by atoms with Crippen molar-refractivity contribution in [1.82, 2.24) is 0 Å². The second kappa shape index (κ2) is 14.6. The fourth-order valence-electron chi connectivity index (χ4n) is 3.82. The average Bonchev–Trinajstić information content (AvgIpc) is 2.61. The number of rotatable bonds is 16. The third-order valence-electron chi connectivity index (χ3n) is 5.70. The van der Waals surface area contributed by atoms with Gasteiger partial charge < -0.3 is 0 Å². The third-order valence-corrected chi connectivity index (χ3v) is 6.01. The Bertz CT molecular complexity index is 418. The molecule has 0 bridgehead atoms. The molecule has 26 heavy (non-hydrogen) atoms. The molecule has 0 N–H and O–H groups in total. The fourth-order valence-corrected chi connectivity index (χ4v) is 4.00. The molecule has 0 spiro atoms. The van der Waals surface area contributed by atoms with Crippen molar-refractivity contribution in [2.24, 2.45) is 5.92 Å². The molecule has 0 radical (unpaired) electrons. The van der Waals surface area contributed by atoms with Crippen molar-refractivity contribution in [3.8, 4) is 0 Å². The van der Waals surface area contributed by atoms with E-state index in [4.69, 9.17) is 11.6 Å². The Kier molecular flexibility index (Phi) is 13.2. The van der Waals surface area contributed by atoms with E-state index in [9.17, 15) is 0 Å². The normalized spacial score (nSPS) is 13.1. The van der Waals surface area contributed by atoms with E-state index in [0.29, 0.717) is 5.92 Å². The van der Waals surface area contributed by atoms with Crippen LogP contribution >= 0.6 is 11.6 Å². The van der Waals surface area contributed by atoms with Crippen LogP contribution in [0.2, 0.25) is 0 Å². The molecular formula is C25H43Cl. The van der Waals surface area contributed by atoms with Crippen LogP contribution in [0.4, 0.5) is 0 Å². The Hall–Kier alpha value is -0.490. The minimum atomic E-state index is -0.117. The van der Waals surface area contributed by atoms with E-state index in [1.807, 2.05) is 0 Å². The van der Waals surface area contributed by atoms with Gasteiger partial charge in [-0.2, -0.15) is 0 Å². The second-order valence-corrected chi connectivity index (χ2v) is 9.60. The van der Waals surface area contributed by atoms with Crippen molar-refractivity contribution in [1.29, 1.82) is 0 Å². The van der Waals surface area contributed by atoms with Crippen molar-refractivity contribution in [2.45, 2.75) is 116 Å². The van der Waals surface area contributed by atoms with Crippen LogP contribution in [0.1, 0.15) is 110 Å². The third kappa shape index (κ3) is 12.0. The molecule has 150 valence electrons. The molecule has 0 fully saturated rings. The predicted molar refractivity (Wildman–Crippen MR) is 119 cm³/mol. The first-order valence-corrected chi connectivity index (χ1v) is 11.6. The quantitative estimate of drug-likeness (QED) is 0.199. The summed E-state index contributed by atoms with van der Waals surface area (Å²) < 4.78 is 0. The Morgan fingerprint density at radius 1 is 0.731 bits per heavy atom. The molecule has 1 atom stereocenters. The molecule has 0 aliphatic carbocycles. The summed E-state index contributed by atoms with van der Waals surface area (Å²) in [5, 5.41) is 0. The molecule has 1 aromatic carbocycles. The van der Waals surface area contributed by atoms with Crippen molar-refractivity contribution in [3.63, 3.8) is 0 Å². The molecule has 0 aromatic heterocycles. The molecule has 0 aliphatic heterocycles. The number of hydrogen-bond donors (Lipinski definition) is 0. The van der Waals surface area contributed by atoms with Gasteiger partial charge in [0.15, 0.2) is 0 Å². The number of benzene rings is 1. The van der Waals surface area contributed by atoms with Crippen LogP contribution in [0.3, 0.4) is 0 Å². The maximum atomic E-state index is 6.69. The van der Waals surface area contributed by atoms with E-state index in [2.05, 4.69) is 51.1 Å². The van der Waals surface area contributed by atoms with Crippen molar-refractivity contribution < 1.29 is 0 Å². The summed E-state index contributed by atoms with van der Waals surface area (Å²) in [4.78, 5) is -0.117. The number of halogens is 1. The van der Waals surface area contributed by atoms with E-state index < -0.39 is 0 Å². The molecule has 0 heterocycles. The van der Waals surface area contributed by atoms with Crippen molar-refractivity contribution in [2.75, 3.05) is 0 Å². The smallest absolute Gasteiger partial charge is 0.0421 e. The zero-order valence-corrected chi connectivity index (χ0v) is 18.5. The SMILES string of the molecule is CCCCCCCCCCCCCCC(Cc1ccccc1)C(C)(C)Cl. The lowest BCUT2D eigenvalue weighted by molar-refractivity contribution is 0.367. The van der Waals surface area contributed by atoms with Crippen molar-refractivity contribution >= 4 is 11.6 Å². The van der Waals surface area contributed by atoms with E-state index in [0.717, 1.165) is 6.42 Å². The highest BCUT2D eigenvalue weighted by molar-refractivity contribution is 6.23. The maximum Gasteiger partial charge on any atom is 0.0421 e. The lowest BCUT2D eigenvalue weighted by Crippen LogP contribution is -2.26. The second-order valence-electron chi connectivity index (χ2n) is 8.63. The Balaban J connectivity index is 2.07. The number of alkyl halides is 1. The van der Waals surface area contributed by atoms with Crippen molar-refractivity contribution in [3.05, 3.63) is 35.9 Å². The average molecular weight is 379 g/mol.